The molecule has 0 aliphatic rings. The van der Waals surface area contributed by atoms with Gasteiger partial charge in [0.15, 0.2) is 18.1 Å². The van der Waals surface area contributed by atoms with Crippen LogP contribution in [0.25, 0.3) is 0 Å². The van der Waals surface area contributed by atoms with E-state index in [2.05, 4.69) is 5.32 Å². The van der Waals surface area contributed by atoms with Crippen molar-refractivity contribution in [2.45, 2.75) is 11.8 Å². The van der Waals surface area contributed by atoms with Gasteiger partial charge in [-0.15, -0.1) is 0 Å². The summed E-state index contributed by atoms with van der Waals surface area (Å²) in [5.74, 6) is -0.546. The third kappa shape index (κ3) is 6.09. The number of methoxy groups -OCH3 is 1. The maximum Gasteiger partial charge on any atom is 0.338 e. The van der Waals surface area contributed by atoms with Crippen LogP contribution >= 0.6 is 11.6 Å². The summed E-state index contributed by atoms with van der Waals surface area (Å²) in [6.45, 7) is 1.60. The number of halogens is 1. The van der Waals surface area contributed by atoms with E-state index in [-0.39, 0.29) is 21.2 Å². The van der Waals surface area contributed by atoms with E-state index < -0.39 is 28.5 Å². The first kappa shape index (κ1) is 24.4. The summed E-state index contributed by atoms with van der Waals surface area (Å²) in [4.78, 5) is 24.3. The summed E-state index contributed by atoms with van der Waals surface area (Å²) >= 11 is 5.98. The first-order valence-corrected chi connectivity index (χ1v) is 10.9. The number of ether oxygens (including phenoxy) is 3. The second-order valence-corrected chi connectivity index (χ2v) is 8.88. The second-order valence-electron chi connectivity index (χ2n) is 6.36. The molecule has 0 bridgehead atoms. The van der Waals surface area contributed by atoms with Gasteiger partial charge < -0.3 is 19.5 Å². The van der Waals surface area contributed by atoms with Gasteiger partial charge in [0.2, 0.25) is 10.0 Å². The van der Waals surface area contributed by atoms with Gasteiger partial charge in [0.25, 0.3) is 5.91 Å². The van der Waals surface area contributed by atoms with Gasteiger partial charge in [-0.3, -0.25) is 4.79 Å². The zero-order chi connectivity index (χ0) is 23.2. The van der Waals surface area contributed by atoms with Crippen molar-refractivity contribution in [2.75, 3.05) is 39.7 Å². The van der Waals surface area contributed by atoms with Gasteiger partial charge in [-0.25, -0.2) is 17.5 Å². The van der Waals surface area contributed by atoms with Crippen molar-refractivity contribution in [3.63, 3.8) is 0 Å². The predicted octanol–water partition coefficient (Wildman–Crippen LogP) is 2.79. The fraction of sp³-hybridized carbons (Fsp3) is 0.300. The van der Waals surface area contributed by atoms with Crippen LogP contribution in [0.5, 0.6) is 11.5 Å². The molecule has 0 atom stereocenters. The molecule has 168 valence electrons. The summed E-state index contributed by atoms with van der Waals surface area (Å²) in [6.07, 6.45) is 0. The van der Waals surface area contributed by atoms with Gasteiger partial charge >= 0.3 is 5.97 Å². The zero-order valence-electron chi connectivity index (χ0n) is 17.5. The molecule has 0 saturated carbocycles. The van der Waals surface area contributed by atoms with Crippen molar-refractivity contribution in [1.29, 1.82) is 0 Å². The Labute approximate surface area is 185 Å². The number of carbonyl (C=O) groups is 2. The maximum absolute atomic E-state index is 12.3. The van der Waals surface area contributed by atoms with Gasteiger partial charge in [-0.2, -0.15) is 0 Å². The number of carbonyl (C=O) groups excluding carboxylic acids is 2. The van der Waals surface area contributed by atoms with E-state index in [1.807, 2.05) is 0 Å². The van der Waals surface area contributed by atoms with Crippen LogP contribution in [0.1, 0.15) is 17.3 Å². The predicted molar refractivity (Wildman–Crippen MR) is 115 cm³/mol. The molecule has 9 nitrogen and oxygen atoms in total. The van der Waals surface area contributed by atoms with Crippen LogP contribution in [0.3, 0.4) is 0 Å². The van der Waals surface area contributed by atoms with Crippen LogP contribution in [0.15, 0.2) is 41.3 Å². The third-order valence-electron chi connectivity index (χ3n) is 4.01. The second kappa shape index (κ2) is 10.5. The molecule has 2 aromatic rings. The Bertz CT molecular complexity index is 1070. The lowest BCUT2D eigenvalue weighted by Crippen LogP contribution is -2.23. The van der Waals surface area contributed by atoms with Gasteiger partial charge in [0.1, 0.15) is 4.90 Å². The van der Waals surface area contributed by atoms with Crippen molar-refractivity contribution >= 4 is 39.2 Å². The highest BCUT2D eigenvalue weighted by Crippen LogP contribution is 2.29. The SMILES string of the molecule is CCOc1cc(C(=O)OCC(=O)Nc2ccc(Cl)c(S(=O)(=O)N(C)C)c2)ccc1OC. The fourth-order valence-corrected chi connectivity index (χ4v) is 3.85. The Kier molecular flexibility index (Phi) is 8.26. The average molecular weight is 471 g/mol. The van der Waals surface area contributed by atoms with Gasteiger partial charge in [0.05, 0.1) is 24.3 Å². The topological polar surface area (TPSA) is 111 Å². The quantitative estimate of drug-likeness (QED) is 0.561. The van der Waals surface area contributed by atoms with Crippen LogP contribution in [0.2, 0.25) is 5.02 Å². The summed E-state index contributed by atoms with van der Waals surface area (Å²) in [5.41, 5.74) is 0.372. The minimum atomic E-state index is -3.80. The molecule has 0 radical (unpaired) electrons. The summed E-state index contributed by atoms with van der Waals surface area (Å²) in [6, 6.07) is 8.53. The van der Waals surface area contributed by atoms with Gasteiger partial charge in [-0.05, 0) is 43.3 Å². The maximum atomic E-state index is 12.3. The number of nitrogens with zero attached hydrogens (tertiary/aromatic N) is 1. The van der Waals surface area contributed by atoms with Gasteiger partial charge in [0, 0.05) is 19.8 Å². The highest BCUT2D eigenvalue weighted by molar-refractivity contribution is 7.89. The van der Waals surface area contributed by atoms with Crippen molar-refractivity contribution in [3.8, 4) is 11.5 Å². The van der Waals surface area contributed by atoms with Crippen LogP contribution in [0, 0.1) is 0 Å². The Hall–Kier alpha value is -2.82. The standard InChI is InChI=1S/C20H23ClN2O7S/c1-5-29-17-10-13(6-9-16(17)28-4)20(25)30-12-19(24)22-14-7-8-15(21)18(11-14)31(26,27)23(2)3/h6-11H,5,12H2,1-4H3,(H,22,24). The molecule has 0 heterocycles. The first-order valence-electron chi connectivity index (χ1n) is 9.10. The van der Waals surface area contributed by atoms with E-state index in [0.717, 1.165) is 4.31 Å². The number of rotatable bonds is 9. The molecule has 0 aliphatic carbocycles. The average Bonchev–Trinajstić information content (AvgIpc) is 2.73. The summed E-state index contributed by atoms with van der Waals surface area (Å²) in [7, 11) is 0.414. The monoisotopic (exact) mass is 470 g/mol. The molecule has 31 heavy (non-hydrogen) atoms. The summed E-state index contributed by atoms with van der Waals surface area (Å²) in [5, 5.41) is 2.49. The molecule has 0 aliphatic heterocycles. The molecule has 0 saturated heterocycles. The van der Waals surface area contributed by atoms with Crippen molar-refractivity contribution in [1.82, 2.24) is 4.31 Å². The highest BCUT2D eigenvalue weighted by Gasteiger charge is 2.22. The number of hydrogen-bond acceptors (Lipinski definition) is 7. The molecular weight excluding hydrogens is 448 g/mol. The number of benzene rings is 2. The molecule has 0 spiro atoms. The largest absolute Gasteiger partial charge is 0.493 e. The first-order chi connectivity index (χ1) is 14.6. The lowest BCUT2D eigenvalue weighted by molar-refractivity contribution is -0.119. The molecule has 2 aromatic carbocycles. The lowest BCUT2D eigenvalue weighted by Gasteiger charge is -2.14. The highest BCUT2D eigenvalue weighted by atomic mass is 35.5. The van der Waals surface area contributed by atoms with E-state index in [9.17, 15) is 18.0 Å². The molecule has 11 heteroatoms. The normalized spacial score (nSPS) is 11.2. The summed E-state index contributed by atoms with van der Waals surface area (Å²) < 4.78 is 41.3. The number of sulfonamides is 1. The minimum Gasteiger partial charge on any atom is -0.493 e. The number of amides is 1. The Morgan fingerprint density at radius 3 is 2.42 bits per heavy atom. The molecule has 0 aromatic heterocycles. The van der Waals surface area contributed by atoms with Crippen LogP contribution < -0.4 is 14.8 Å². The van der Waals surface area contributed by atoms with E-state index in [1.54, 1.807) is 13.0 Å². The molecular formula is C20H23ClN2O7S. The van der Waals surface area contributed by atoms with Gasteiger partial charge in [-0.1, -0.05) is 11.6 Å². The van der Waals surface area contributed by atoms with Crippen LogP contribution in [-0.2, 0) is 19.6 Å². The molecule has 1 N–H and O–H groups in total. The number of esters is 1. The molecule has 0 unspecified atom stereocenters. The van der Waals surface area contributed by atoms with E-state index in [1.165, 1.54) is 51.5 Å². The molecule has 2 rings (SSSR count). The zero-order valence-corrected chi connectivity index (χ0v) is 19.0. The Morgan fingerprint density at radius 2 is 1.81 bits per heavy atom. The van der Waals surface area contributed by atoms with Crippen molar-refractivity contribution in [2.24, 2.45) is 0 Å². The Morgan fingerprint density at radius 1 is 1.10 bits per heavy atom. The van der Waals surface area contributed by atoms with Crippen LogP contribution in [-0.4, -0.2) is 59.0 Å². The minimum absolute atomic E-state index is 0.0164. The molecule has 1 amide bonds. The van der Waals surface area contributed by atoms with Crippen molar-refractivity contribution in [3.05, 3.63) is 47.0 Å². The number of nitrogens with one attached hydrogen (secondary N) is 1. The van der Waals surface area contributed by atoms with E-state index in [0.29, 0.717) is 18.1 Å². The lowest BCUT2D eigenvalue weighted by atomic mass is 10.2. The van der Waals surface area contributed by atoms with E-state index in [4.69, 9.17) is 25.8 Å². The third-order valence-corrected chi connectivity index (χ3v) is 6.30. The van der Waals surface area contributed by atoms with Crippen LogP contribution in [0.4, 0.5) is 5.69 Å². The molecule has 0 fully saturated rings. The smallest absolute Gasteiger partial charge is 0.338 e. The van der Waals surface area contributed by atoms with E-state index >= 15 is 0 Å². The fourth-order valence-electron chi connectivity index (χ4n) is 2.46. The Balaban J connectivity index is 2.06. The number of anilines is 1. The number of hydrogen-bond donors (Lipinski definition) is 1. The van der Waals surface area contributed by atoms with Crippen molar-refractivity contribution < 1.29 is 32.2 Å².